The van der Waals surface area contributed by atoms with E-state index in [1.807, 2.05) is 0 Å². The molecule has 0 amide bonds. The van der Waals surface area contributed by atoms with Crippen LogP contribution in [-0.2, 0) is 0 Å². The molecule has 0 aromatic carbocycles. The molecule has 0 aromatic heterocycles. The molecular formula is C16H31N3. The minimum absolute atomic E-state index is 0.302. The first kappa shape index (κ1) is 13.8. The van der Waals surface area contributed by atoms with Crippen LogP contribution in [0.4, 0.5) is 0 Å². The Bertz CT molecular complexity index is 325. The van der Waals surface area contributed by atoms with E-state index < -0.39 is 0 Å². The van der Waals surface area contributed by atoms with Crippen LogP contribution >= 0.6 is 0 Å². The summed E-state index contributed by atoms with van der Waals surface area (Å²) in [5.74, 6) is 0. The summed E-state index contributed by atoms with van der Waals surface area (Å²) < 4.78 is 0. The number of nitrogens with two attached hydrogens (primary N) is 1. The van der Waals surface area contributed by atoms with Gasteiger partial charge in [0.1, 0.15) is 0 Å². The number of hydrogen-bond acceptors (Lipinski definition) is 3. The lowest BCUT2D eigenvalue weighted by atomic mass is 9.76. The van der Waals surface area contributed by atoms with E-state index in [2.05, 4.69) is 30.7 Å². The molecule has 110 valence electrons. The number of likely N-dealkylation sites (tertiary alicyclic amines) is 1. The second-order valence-electron chi connectivity index (χ2n) is 8.08. The van der Waals surface area contributed by atoms with Crippen molar-refractivity contribution in [1.29, 1.82) is 0 Å². The zero-order chi connectivity index (χ0) is 13.7. The van der Waals surface area contributed by atoms with Gasteiger partial charge in [-0.15, -0.1) is 0 Å². The van der Waals surface area contributed by atoms with Crippen LogP contribution in [0, 0.1) is 5.41 Å². The fraction of sp³-hybridized carbons (Fsp3) is 1.00. The highest BCUT2D eigenvalue weighted by Crippen LogP contribution is 2.44. The van der Waals surface area contributed by atoms with E-state index in [0.29, 0.717) is 11.0 Å². The number of piperidine rings is 2. The normalized spacial score (nSPS) is 43.6. The molecule has 3 aliphatic rings. The molecule has 0 radical (unpaired) electrons. The van der Waals surface area contributed by atoms with Gasteiger partial charge in [-0.1, -0.05) is 13.8 Å². The number of rotatable bonds is 2. The van der Waals surface area contributed by atoms with Gasteiger partial charge in [0.2, 0.25) is 0 Å². The summed E-state index contributed by atoms with van der Waals surface area (Å²) in [6.07, 6.45) is 8.09. The van der Waals surface area contributed by atoms with Crippen LogP contribution in [0.5, 0.6) is 0 Å². The smallest absolute Gasteiger partial charge is 0.0361 e. The van der Waals surface area contributed by atoms with Gasteiger partial charge in [-0.25, -0.2) is 0 Å². The fourth-order valence-corrected chi connectivity index (χ4v) is 4.92. The van der Waals surface area contributed by atoms with Gasteiger partial charge in [0, 0.05) is 30.7 Å². The molecule has 2 unspecified atom stereocenters. The van der Waals surface area contributed by atoms with Crippen LogP contribution in [-0.4, -0.2) is 54.1 Å². The summed E-state index contributed by atoms with van der Waals surface area (Å²) in [5.41, 5.74) is 7.07. The van der Waals surface area contributed by atoms with Crippen molar-refractivity contribution in [2.24, 2.45) is 11.1 Å². The second-order valence-corrected chi connectivity index (χ2v) is 8.08. The fourth-order valence-electron chi connectivity index (χ4n) is 4.92. The first-order valence-corrected chi connectivity index (χ1v) is 8.13. The zero-order valence-electron chi connectivity index (χ0n) is 13.0. The molecule has 3 heterocycles. The van der Waals surface area contributed by atoms with Crippen molar-refractivity contribution in [2.45, 2.75) is 70.0 Å². The van der Waals surface area contributed by atoms with Crippen molar-refractivity contribution in [1.82, 2.24) is 9.80 Å². The molecule has 2 atom stereocenters. The molecule has 0 spiro atoms. The number of fused-ring (bicyclic) bond motifs is 2. The molecule has 0 aromatic rings. The minimum atomic E-state index is 0.302. The topological polar surface area (TPSA) is 32.5 Å². The number of hydrogen-bond donors (Lipinski definition) is 1. The predicted molar refractivity (Wildman–Crippen MR) is 80.2 cm³/mol. The van der Waals surface area contributed by atoms with Crippen molar-refractivity contribution >= 4 is 0 Å². The van der Waals surface area contributed by atoms with Gasteiger partial charge < -0.3 is 10.6 Å². The van der Waals surface area contributed by atoms with Gasteiger partial charge >= 0.3 is 0 Å². The van der Waals surface area contributed by atoms with Crippen molar-refractivity contribution < 1.29 is 0 Å². The van der Waals surface area contributed by atoms with Crippen molar-refractivity contribution in [3.8, 4) is 0 Å². The molecule has 3 saturated heterocycles. The molecule has 2 N–H and O–H groups in total. The van der Waals surface area contributed by atoms with Gasteiger partial charge in [-0.3, -0.25) is 4.90 Å². The summed E-state index contributed by atoms with van der Waals surface area (Å²) in [4.78, 5) is 5.40. The summed E-state index contributed by atoms with van der Waals surface area (Å²) in [7, 11) is 2.32. The lowest BCUT2D eigenvalue weighted by molar-refractivity contribution is -0.0367. The molecule has 3 aliphatic heterocycles. The van der Waals surface area contributed by atoms with E-state index in [1.54, 1.807) is 0 Å². The predicted octanol–water partition coefficient (Wildman–Crippen LogP) is 2.06. The van der Waals surface area contributed by atoms with Crippen LogP contribution in [0.1, 0.15) is 52.4 Å². The average Bonchev–Trinajstić information content (AvgIpc) is 2.61. The Kier molecular flexibility index (Phi) is 3.43. The van der Waals surface area contributed by atoms with Crippen LogP contribution in [0.3, 0.4) is 0 Å². The Hall–Kier alpha value is -0.120. The van der Waals surface area contributed by atoms with E-state index in [-0.39, 0.29) is 0 Å². The van der Waals surface area contributed by atoms with Crippen molar-refractivity contribution in [3.05, 3.63) is 0 Å². The first-order chi connectivity index (χ1) is 8.96. The molecule has 3 heteroatoms. The largest absolute Gasteiger partial charge is 0.329 e. The van der Waals surface area contributed by atoms with E-state index in [4.69, 9.17) is 5.73 Å². The Morgan fingerprint density at radius 1 is 1.16 bits per heavy atom. The third kappa shape index (κ3) is 2.34. The Labute approximate surface area is 118 Å². The third-order valence-corrected chi connectivity index (χ3v) is 6.17. The first-order valence-electron chi connectivity index (χ1n) is 8.13. The summed E-state index contributed by atoms with van der Waals surface area (Å²) in [5, 5.41) is 0. The van der Waals surface area contributed by atoms with Crippen molar-refractivity contribution in [3.63, 3.8) is 0 Å². The monoisotopic (exact) mass is 265 g/mol. The van der Waals surface area contributed by atoms with Gasteiger partial charge in [0.05, 0.1) is 0 Å². The maximum absolute atomic E-state index is 6.30. The lowest BCUT2D eigenvalue weighted by Crippen LogP contribution is -2.64. The summed E-state index contributed by atoms with van der Waals surface area (Å²) in [6.45, 7) is 8.21. The molecule has 3 nitrogen and oxygen atoms in total. The molecule has 3 rings (SSSR count). The summed E-state index contributed by atoms with van der Waals surface area (Å²) in [6, 6.07) is 1.57. The van der Waals surface area contributed by atoms with Gasteiger partial charge in [-0.05, 0) is 57.5 Å². The molecule has 3 fully saturated rings. The van der Waals surface area contributed by atoms with Gasteiger partial charge in [0.25, 0.3) is 0 Å². The average molecular weight is 265 g/mol. The van der Waals surface area contributed by atoms with Gasteiger partial charge in [0.15, 0.2) is 0 Å². The SMILES string of the molecule is CN1C2CCC1CC(CN)(N1CCCC(C)(C)C1)C2. The van der Waals surface area contributed by atoms with Crippen LogP contribution < -0.4 is 5.73 Å². The van der Waals surface area contributed by atoms with Crippen LogP contribution in [0.25, 0.3) is 0 Å². The Morgan fingerprint density at radius 3 is 2.32 bits per heavy atom. The maximum Gasteiger partial charge on any atom is 0.0361 e. The second kappa shape index (κ2) is 4.71. The molecule has 19 heavy (non-hydrogen) atoms. The Morgan fingerprint density at radius 2 is 1.79 bits per heavy atom. The van der Waals surface area contributed by atoms with Gasteiger partial charge in [-0.2, -0.15) is 0 Å². The number of nitrogens with zero attached hydrogens (tertiary/aromatic N) is 2. The minimum Gasteiger partial charge on any atom is -0.329 e. The molecule has 2 bridgehead atoms. The molecular weight excluding hydrogens is 234 g/mol. The van der Waals surface area contributed by atoms with Crippen molar-refractivity contribution in [2.75, 3.05) is 26.7 Å². The highest BCUT2D eigenvalue weighted by molar-refractivity contribution is 5.07. The van der Waals surface area contributed by atoms with E-state index in [0.717, 1.165) is 18.6 Å². The van der Waals surface area contributed by atoms with E-state index in [9.17, 15) is 0 Å². The maximum atomic E-state index is 6.30. The van der Waals surface area contributed by atoms with Crippen LogP contribution in [0.15, 0.2) is 0 Å². The highest BCUT2D eigenvalue weighted by atomic mass is 15.3. The zero-order valence-corrected chi connectivity index (χ0v) is 13.0. The van der Waals surface area contributed by atoms with E-state index >= 15 is 0 Å². The third-order valence-electron chi connectivity index (χ3n) is 6.17. The quantitative estimate of drug-likeness (QED) is 0.829. The standard InChI is InChI=1S/C16H31N3/c1-15(2)7-4-8-19(12-15)16(11-17)9-13-5-6-14(10-16)18(13)3/h13-14H,4-12,17H2,1-3H3. The van der Waals surface area contributed by atoms with Crippen LogP contribution in [0.2, 0.25) is 0 Å². The summed E-state index contributed by atoms with van der Waals surface area (Å²) >= 11 is 0. The Balaban J connectivity index is 1.80. The molecule has 0 aliphatic carbocycles. The molecule has 0 saturated carbocycles. The van der Waals surface area contributed by atoms with E-state index in [1.165, 1.54) is 51.6 Å². The lowest BCUT2D eigenvalue weighted by Gasteiger charge is -2.54. The highest BCUT2D eigenvalue weighted by Gasteiger charge is 2.50.